The molecule has 1 aromatic carbocycles. The van der Waals surface area contributed by atoms with E-state index in [1.54, 1.807) is 6.07 Å². The first kappa shape index (κ1) is 16.7. The molecule has 21 heavy (non-hydrogen) atoms. The predicted octanol–water partition coefficient (Wildman–Crippen LogP) is 2.83. The van der Waals surface area contributed by atoms with Crippen LogP contribution in [0, 0.1) is 5.92 Å². The van der Waals surface area contributed by atoms with E-state index in [0.717, 1.165) is 6.42 Å². The fourth-order valence-corrected chi connectivity index (χ4v) is 4.36. The zero-order valence-electron chi connectivity index (χ0n) is 11.6. The summed E-state index contributed by atoms with van der Waals surface area (Å²) < 4.78 is 27.1. The lowest BCUT2D eigenvalue weighted by Gasteiger charge is -2.12. The monoisotopic (exact) mass is 346 g/mol. The number of thiocarbonyl (C=S) groups is 1. The molecule has 4 nitrogen and oxygen atoms in total. The van der Waals surface area contributed by atoms with E-state index in [-0.39, 0.29) is 14.9 Å². The van der Waals surface area contributed by atoms with Crippen LogP contribution in [0.1, 0.15) is 37.7 Å². The largest absolute Gasteiger partial charge is 0.389 e. The maximum absolute atomic E-state index is 12.2. The average Bonchev–Trinajstić information content (AvgIpc) is 2.91. The summed E-state index contributed by atoms with van der Waals surface area (Å²) in [6, 6.07) is 4.49. The van der Waals surface area contributed by atoms with Gasteiger partial charge in [-0.3, -0.25) is 0 Å². The van der Waals surface area contributed by atoms with Crippen LogP contribution in [-0.2, 0) is 10.0 Å². The van der Waals surface area contributed by atoms with Gasteiger partial charge in [-0.15, -0.1) is 0 Å². The highest BCUT2D eigenvalue weighted by atomic mass is 35.5. The van der Waals surface area contributed by atoms with Gasteiger partial charge < -0.3 is 5.73 Å². The molecule has 0 atom stereocenters. The summed E-state index contributed by atoms with van der Waals surface area (Å²) in [4.78, 5) is 0.255. The minimum absolute atomic E-state index is 0.0654. The number of benzene rings is 1. The topological polar surface area (TPSA) is 72.2 Å². The summed E-state index contributed by atoms with van der Waals surface area (Å²) in [6.07, 6.45) is 5.78. The third-order valence-electron chi connectivity index (χ3n) is 3.83. The van der Waals surface area contributed by atoms with Gasteiger partial charge in [0.05, 0.1) is 5.02 Å². The average molecular weight is 347 g/mol. The van der Waals surface area contributed by atoms with Gasteiger partial charge in [-0.25, -0.2) is 13.1 Å². The number of hydrogen-bond donors (Lipinski definition) is 2. The van der Waals surface area contributed by atoms with E-state index in [1.165, 1.54) is 37.8 Å². The van der Waals surface area contributed by atoms with Crippen molar-refractivity contribution in [2.75, 3.05) is 6.54 Å². The van der Waals surface area contributed by atoms with Gasteiger partial charge in [0.15, 0.2) is 0 Å². The molecule has 0 bridgehead atoms. The number of halogens is 1. The molecule has 116 valence electrons. The van der Waals surface area contributed by atoms with Gasteiger partial charge in [0.25, 0.3) is 0 Å². The standard InChI is InChI=1S/C14H19ClN2O2S2/c15-12-9-11(14(16)20)5-6-13(12)21(18,19)17-8-7-10-3-1-2-4-10/h5-6,9-10,17H,1-4,7-8H2,(H2,16,20). The second-order valence-corrected chi connectivity index (χ2v) is 7.93. The zero-order chi connectivity index (χ0) is 15.5. The molecule has 3 N–H and O–H groups in total. The van der Waals surface area contributed by atoms with E-state index in [9.17, 15) is 8.42 Å². The van der Waals surface area contributed by atoms with Crippen LogP contribution in [0.2, 0.25) is 5.02 Å². The van der Waals surface area contributed by atoms with Crippen LogP contribution in [0.15, 0.2) is 23.1 Å². The Kier molecular flexibility index (Phi) is 5.60. The van der Waals surface area contributed by atoms with Gasteiger partial charge in [0.1, 0.15) is 9.88 Å². The van der Waals surface area contributed by atoms with Crippen LogP contribution in [0.5, 0.6) is 0 Å². The van der Waals surface area contributed by atoms with E-state index in [4.69, 9.17) is 29.6 Å². The summed E-state index contributed by atoms with van der Waals surface area (Å²) in [6.45, 7) is 0.445. The summed E-state index contributed by atoms with van der Waals surface area (Å²) in [5.41, 5.74) is 6.05. The van der Waals surface area contributed by atoms with Crippen molar-refractivity contribution in [2.45, 2.75) is 37.0 Å². The molecule has 0 aliphatic heterocycles. The summed E-state index contributed by atoms with van der Waals surface area (Å²) in [5, 5.41) is 0.133. The molecular weight excluding hydrogens is 328 g/mol. The van der Waals surface area contributed by atoms with Crippen molar-refractivity contribution in [1.29, 1.82) is 0 Å². The molecule has 1 fully saturated rings. The van der Waals surface area contributed by atoms with Crippen LogP contribution < -0.4 is 10.5 Å². The number of hydrogen-bond acceptors (Lipinski definition) is 3. The first-order valence-electron chi connectivity index (χ1n) is 6.99. The number of rotatable bonds is 6. The van der Waals surface area contributed by atoms with Gasteiger partial charge in [0.2, 0.25) is 10.0 Å². The van der Waals surface area contributed by atoms with E-state index < -0.39 is 10.0 Å². The summed E-state index contributed by atoms with van der Waals surface area (Å²) in [7, 11) is -3.59. The quantitative estimate of drug-likeness (QED) is 0.777. The van der Waals surface area contributed by atoms with Crippen LogP contribution in [-0.4, -0.2) is 20.0 Å². The van der Waals surface area contributed by atoms with Crippen LogP contribution in [0.25, 0.3) is 0 Å². The maximum Gasteiger partial charge on any atom is 0.242 e. The second kappa shape index (κ2) is 7.05. The third kappa shape index (κ3) is 4.39. The van der Waals surface area contributed by atoms with Crippen LogP contribution in [0.4, 0.5) is 0 Å². The second-order valence-electron chi connectivity index (χ2n) is 5.35. The number of sulfonamides is 1. The third-order valence-corrected chi connectivity index (χ3v) is 6.00. The first-order valence-corrected chi connectivity index (χ1v) is 9.26. The molecule has 0 aromatic heterocycles. The molecule has 0 saturated heterocycles. The highest BCUT2D eigenvalue weighted by Gasteiger charge is 2.20. The number of nitrogens with two attached hydrogens (primary N) is 1. The summed E-state index contributed by atoms with van der Waals surface area (Å²) >= 11 is 10.9. The smallest absolute Gasteiger partial charge is 0.242 e. The Labute approximate surface area is 136 Å². The molecule has 0 unspecified atom stereocenters. The minimum atomic E-state index is -3.59. The van der Waals surface area contributed by atoms with Gasteiger partial charge in [-0.1, -0.05) is 55.6 Å². The van der Waals surface area contributed by atoms with Crippen molar-refractivity contribution in [1.82, 2.24) is 4.72 Å². The van der Waals surface area contributed by atoms with Crippen LogP contribution in [0.3, 0.4) is 0 Å². The molecule has 2 rings (SSSR count). The van der Waals surface area contributed by atoms with E-state index in [0.29, 0.717) is 18.0 Å². The Balaban J connectivity index is 2.03. The Bertz CT molecular complexity index is 626. The van der Waals surface area contributed by atoms with Gasteiger partial charge in [-0.05, 0) is 24.5 Å². The molecule has 0 radical (unpaired) electrons. The highest BCUT2D eigenvalue weighted by molar-refractivity contribution is 7.89. The zero-order valence-corrected chi connectivity index (χ0v) is 14.0. The fourth-order valence-electron chi connectivity index (χ4n) is 2.65. The lowest BCUT2D eigenvalue weighted by molar-refractivity contribution is 0.495. The van der Waals surface area contributed by atoms with Crippen molar-refractivity contribution >= 4 is 38.8 Å². The van der Waals surface area contributed by atoms with Gasteiger partial charge in [-0.2, -0.15) is 0 Å². The Morgan fingerprint density at radius 2 is 2.05 bits per heavy atom. The molecule has 1 aliphatic carbocycles. The highest BCUT2D eigenvalue weighted by Crippen LogP contribution is 2.27. The van der Waals surface area contributed by atoms with E-state index >= 15 is 0 Å². The number of nitrogens with one attached hydrogen (secondary N) is 1. The van der Waals surface area contributed by atoms with Crippen LogP contribution >= 0.6 is 23.8 Å². The van der Waals surface area contributed by atoms with Crippen molar-refractivity contribution in [3.05, 3.63) is 28.8 Å². The fraction of sp³-hybridized carbons (Fsp3) is 0.500. The molecule has 1 aromatic rings. The SMILES string of the molecule is NC(=S)c1ccc(S(=O)(=O)NCCC2CCCC2)c(Cl)c1. The van der Waals surface area contributed by atoms with Gasteiger partial charge >= 0.3 is 0 Å². The van der Waals surface area contributed by atoms with Crippen molar-refractivity contribution in [3.63, 3.8) is 0 Å². The lowest BCUT2D eigenvalue weighted by Crippen LogP contribution is -2.26. The predicted molar refractivity (Wildman–Crippen MR) is 89.1 cm³/mol. The van der Waals surface area contributed by atoms with Crippen molar-refractivity contribution in [3.8, 4) is 0 Å². The summed E-state index contributed by atoms with van der Waals surface area (Å²) in [5.74, 6) is 0.639. The van der Waals surface area contributed by atoms with Crippen molar-refractivity contribution < 1.29 is 8.42 Å². The molecule has 0 amide bonds. The van der Waals surface area contributed by atoms with Gasteiger partial charge in [0, 0.05) is 12.1 Å². The first-order chi connectivity index (χ1) is 9.90. The minimum Gasteiger partial charge on any atom is -0.389 e. The van der Waals surface area contributed by atoms with E-state index in [1.807, 2.05) is 0 Å². The molecule has 1 saturated carbocycles. The van der Waals surface area contributed by atoms with E-state index in [2.05, 4.69) is 4.72 Å². The van der Waals surface area contributed by atoms with Crippen molar-refractivity contribution in [2.24, 2.45) is 11.7 Å². The Hall–Kier alpha value is -0.690. The lowest BCUT2D eigenvalue weighted by atomic mass is 10.1. The normalized spacial score (nSPS) is 16.2. The molecule has 0 spiro atoms. The molecule has 1 aliphatic rings. The maximum atomic E-state index is 12.2. The Morgan fingerprint density at radius 1 is 1.38 bits per heavy atom. The molecular formula is C14H19ClN2O2S2. The molecule has 0 heterocycles. The Morgan fingerprint density at radius 3 is 2.62 bits per heavy atom. The molecule has 7 heteroatoms.